The van der Waals surface area contributed by atoms with E-state index in [9.17, 15) is 16.8 Å². The Morgan fingerprint density at radius 1 is 1.13 bits per heavy atom. The second kappa shape index (κ2) is 7.30. The van der Waals surface area contributed by atoms with Crippen LogP contribution in [0.5, 0.6) is 0 Å². The first-order chi connectivity index (χ1) is 10.1. The monoisotopic (exact) mass is 382 g/mol. The molecule has 2 aliphatic rings. The van der Waals surface area contributed by atoms with E-state index in [1.807, 2.05) is 0 Å². The van der Waals surface area contributed by atoms with Crippen LogP contribution in [-0.2, 0) is 28.6 Å². The normalized spacial score (nSPS) is 17.3. The molecule has 8 nitrogen and oxygen atoms in total. The fraction of sp³-hybridized carbons (Fsp3) is 0.250. The molecule has 0 saturated carbocycles. The molecule has 0 aromatic rings. The molecule has 0 spiro atoms. The van der Waals surface area contributed by atoms with Gasteiger partial charge in [0.05, 0.1) is 31.5 Å². The van der Waals surface area contributed by atoms with Gasteiger partial charge in [-0.2, -0.15) is 16.8 Å². The molecule has 0 aromatic carbocycles. The second-order valence-electron chi connectivity index (χ2n) is 4.50. The lowest BCUT2D eigenvalue weighted by molar-refractivity contribution is 0.350. The van der Waals surface area contributed by atoms with Crippen LogP contribution in [0.3, 0.4) is 0 Å². The standard InChI is InChI=1S/C12H14N2O6S2.ClH/c1-21(15,16)19-9-10-5-3-4-6-14-8-11(7-13-12(10)14)20-22(2,17)18;/h3-8H,9H2,1-2H3;1H. The first-order valence-corrected chi connectivity index (χ1v) is 9.63. The number of allylic oxidation sites excluding steroid dienone is 3. The highest BCUT2D eigenvalue weighted by atomic mass is 35.5. The van der Waals surface area contributed by atoms with Crippen molar-refractivity contribution in [2.24, 2.45) is 4.99 Å². The zero-order valence-electron chi connectivity index (χ0n) is 12.2. The van der Waals surface area contributed by atoms with Crippen LogP contribution in [0, 0.1) is 0 Å². The Balaban J connectivity index is 0.00000264. The molecule has 0 amide bonds. The highest BCUT2D eigenvalue weighted by molar-refractivity contribution is 7.86. The van der Waals surface area contributed by atoms with Gasteiger partial charge >= 0.3 is 10.1 Å². The van der Waals surface area contributed by atoms with Gasteiger partial charge in [-0.1, -0.05) is 12.2 Å². The fourth-order valence-corrected chi connectivity index (χ4v) is 2.45. The number of fused-ring (bicyclic) bond motifs is 1. The summed E-state index contributed by atoms with van der Waals surface area (Å²) >= 11 is 0. The average Bonchev–Trinajstić information content (AvgIpc) is 2.55. The van der Waals surface area contributed by atoms with Crippen molar-refractivity contribution < 1.29 is 25.2 Å². The highest BCUT2D eigenvalue weighted by Gasteiger charge is 2.19. The van der Waals surface area contributed by atoms with Gasteiger partial charge in [-0.25, -0.2) is 4.99 Å². The van der Waals surface area contributed by atoms with Crippen LogP contribution in [0.1, 0.15) is 0 Å². The second-order valence-corrected chi connectivity index (χ2v) is 7.72. The first-order valence-electron chi connectivity index (χ1n) is 6.00. The molecule has 0 N–H and O–H groups in total. The molecule has 0 saturated heterocycles. The van der Waals surface area contributed by atoms with Crippen LogP contribution in [-0.4, -0.2) is 47.1 Å². The number of nitrogens with zero attached hydrogens (tertiary/aromatic N) is 2. The average molecular weight is 383 g/mol. The fourth-order valence-electron chi connectivity index (χ4n) is 1.68. The molecule has 0 unspecified atom stereocenters. The minimum atomic E-state index is -3.66. The van der Waals surface area contributed by atoms with Gasteiger partial charge in [-0.05, 0) is 6.08 Å². The van der Waals surface area contributed by atoms with Gasteiger partial charge in [-0.3, -0.25) is 4.18 Å². The van der Waals surface area contributed by atoms with E-state index >= 15 is 0 Å². The molecule has 128 valence electrons. The van der Waals surface area contributed by atoms with E-state index in [2.05, 4.69) is 4.99 Å². The Morgan fingerprint density at radius 2 is 1.83 bits per heavy atom. The molecule has 0 bridgehead atoms. The molecule has 2 heterocycles. The zero-order valence-corrected chi connectivity index (χ0v) is 14.7. The summed E-state index contributed by atoms with van der Waals surface area (Å²) in [6, 6.07) is 0. The lowest BCUT2D eigenvalue weighted by Crippen LogP contribution is -2.19. The third-order valence-corrected chi connectivity index (χ3v) is 3.48. The van der Waals surface area contributed by atoms with Crippen LogP contribution in [0.4, 0.5) is 0 Å². The lowest BCUT2D eigenvalue weighted by atomic mass is 10.2. The predicted molar refractivity (Wildman–Crippen MR) is 87.7 cm³/mol. The highest BCUT2D eigenvalue weighted by Crippen LogP contribution is 2.23. The largest absolute Gasteiger partial charge is 0.379 e. The van der Waals surface area contributed by atoms with E-state index in [0.29, 0.717) is 11.4 Å². The quantitative estimate of drug-likeness (QED) is 0.650. The van der Waals surface area contributed by atoms with Crippen molar-refractivity contribution in [3.63, 3.8) is 0 Å². The summed E-state index contributed by atoms with van der Waals surface area (Å²) in [4.78, 5) is 5.62. The zero-order chi connectivity index (χ0) is 16.4. The Kier molecular flexibility index (Phi) is 6.17. The van der Waals surface area contributed by atoms with E-state index in [-0.39, 0.29) is 24.8 Å². The number of aliphatic imine (C=N–C) groups is 1. The third kappa shape index (κ3) is 6.18. The van der Waals surface area contributed by atoms with E-state index in [1.165, 1.54) is 17.3 Å². The van der Waals surface area contributed by atoms with Crippen LogP contribution in [0.2, 0.25) is 0 Å². The molecule has 2 rings (SSSR count). The van der Waals surface area contributed by atoms with Gasteiger partial charge in [0.2, 0.25) is 0 Å². The molecule has 23 heavy (non-hydrogen) atoms. The summed E-state index contributed by atoms with van der Waals surface area (Å²) in [6.45, 7) is -0.184. The van der Waals surface area contributed by atoms with Gasteiger partial charge in [0.1, 0.15) is 5.82 Å². The van der Waals surface area contributed by atoms with Crippen molar-refractivity contribution in [3.05, 3.63) is 47.8 Å². The summed E-state index contributed by atoms with van der Waals surface area (Å²) in [5, 5.41) is 0. The van der Waals surface area contributed by atoms with Crippen molar-refractivity contribution >= 4 is 38.9 Å². The number of hydrogen-bond donors (Lipinski definition) is 0. The van der Waals surface area contributed by atoms with Crippen LogP contribution in [0.15, 0.2) is 52.8 Å². The van der Waals surface area contributed by atoms with Gasteiger partial charge in [0, 0.05) is 11.8 Å². The third-order valence-electron chi connectivity index (χ3n) is 2.44. The maximum absolute atomic E-state index is 11.1. The van der Waals surface area contributed by atoms with E-state index in [4.69, 9.17) is 8.37 Å². The molecule has 0 aromatic heterocycles. The van der Waals surface area contributed by atoms with Crippen molar-refractivity contribution in [1.82, 2.24) is 4.90 Å². The van der Waals surface area contributed by atoms with Crippen LogP contribution >= 0.6 is 12.4 Å². The minimum Gasteiger partial charge on any atom is -0.379 e. The summed E-state index contributed by atoms with van der Waals surface area (Å²) < 4.78 is 54.0. The van der Waals surface area contributed by atoms with Gasteiger partial charge in [0.15, 0.2) is 5.76 Å². The van der Waals surface area contributed by atoms with E-state index in [0.717, 1.165) is 12.5 Å². The van der Waals surface area contributed by atoms with Crippen molar-refractivity contribution in [2.45, 2.75) is 0 Å². The predicted octanol–water partition coefficient (Wildman–Crippen LogP) is 0.884. The summed E-state index contributed by atoms with van der Waals surface area (Å²) in [5.41, 5.74) is 0.515. The topological polar surface area (TPSA) is 102 Å². The Labute approximate surface area is 141 Å². The SMILES string of the molecule is CS(=O)(=O)OCC1=C2N=CC(OS(C)(=O)=O)=CN2C=CC=C1.Cl. The first kappa shape index (κ1) is 19.4. The summed E-state index contributed by atoms with van der Waals surface area (Å²) in [6.07, 6.45) is 11.2. The van der Waals surface area contributed by atoms with Crippen molar-refractivity contribution in [3.8, 4) is 0 Å². The molecule has 0 radical (unpaired) electrons. The number of hydrogen-bond acceptors (Lipinski definition) is 8. The van der Waals surface area contributed by atoms with E-state index < -0.39 is 20.2 Å². The van der Waals surface area contributed by atoms with Gasteiger partial charge < -0.3 is 9.08 Å². The minimum absolute atomic E-state index is 0. The van der Waals surface area contributed by atoms with Crippen molar-refractivity contribution in [1.29, 1.82) is 0 Å². The van der Waals surface area contributed by atoms with E-state index in [1.54, 1.807) is 24.4 Å². The smallest absolute Gasteiger partial charge is 0.306 e. The molecule has 0 fully saturated rings. The molecular weight excluding hydrogens is 368 g/mol. The van der Waals surface area contributed by atoms with Crippen molar-refractivity contribution in [2.75, 3.05) is 19.1 Å². The molecular formula is C12H15ClN2O6S2. The Bertz CT molecular complexity index is 822. The van der Waals surface area contributed by atoms with Gasteiger partial charge in [0.25, 0.3) is 10.1 Å². The van der Waals surface area contributed by atoms with Gasteiger partial charge in [-0.15, -0.1) is 12.4 Å². The maximum Gasteiger partial charge on any atom is 0.306 e. The number of halogens is 1. The molecule has 11 heteroatoms. The lowest BCUT2D eigenvalue weighted by Gasteiger charge is -2.22. The molecule has 0 aliphatic carbocycles. The maximum atomic E-state index is 11.1. The summed E-state index contributed by atoms with van der Waals surface area (Å²) in [5.74, 6) is 0.454. The summed E-state index contributed by atoms with van der Waals surface area (Å²) in [7, 11) is -7.25. The van der Waals surface area contributed by atoms with Crippen LogP contribution < -0.4 is 0 Å². The van der Waals surface area contributed by atoms with Crippen LogP contribution in [0.25, 0.3) is 0 Å². The Morgan fingerprint density at radius 3 is 2.43 bits per heavy atom. The molecule has 2 aliphatic heterocycles. The number of rotatable bonds is 5. The Hall–Kier alpha value is -1.62. The molecule has 0 atom stereocenters.